The number of hydrogen-bond acceptors (Lipinski definition) is 4. The molecule has 2 unspecified atom stereocenters. The third kappa shape index (κ3) is 3.81. The summed E-state index contributed by atoms with van der Waals surface area (Å²) in [6.07, 6.45) is 4.25. The Morgan fingerprint density at radius 1 is 1.62 bits per heavy atom. The second kappa shape index (κ2) is 5.84. The molecule has 0 amide bonds. The van der Waals surface area contributed by atoms with Crippen LogP contribution in [-0.4, -0.2) is 27.2 Å². The van der Waals surface area contributed by atoms with Gasteiger partial charge < -0.3 is 11.1 Å². The average molecular weight is 241 g/mol. The lowest BCUT2D eigenvalue weighted by Crippen LogP contribution is -2.15. The van der Waals surface area contributed by atoms with Crippen molar-refractivity contribution in [2.75, 3.05) is 23.9 Å². The van der Waals surface area contributed by atoms with Gasteiger partial charge in [0.05, 0.1) is 11.9 Å². The Bertz CT molecular complexity index is 381. The third-order valence-electron chi connectivity index (χ3n) is 2.57. The van der Waals surface area contributed by atoms with Gasteiger partial charge in [-0.15, -0.1) is 0 Å². The maximum absolute atomic E-state index is 11.1. The SMILES string of the molecule is Cc1cc(NCCC(C)S(C)=O)ncc1N. The van der Waals surface area contributed by atoms with E-state index in [9.17, 15) is 4.21 Å². The monoisotopic (exact) mass is 241 g/mol. The van der Waals surface area contributed by atoms with Crippen molar-refractivity contribution in [1.82, 2.24) is 4.98 Å². The number of rotatable bonds is 5. The first-order chi connectivity index (χ1) is 7.50. The zero-order valence-electron chi connectivity index (χ0n) is 9.99. The normalized spacial score (nSPS) is 14.4. The third-order valence-corrected chi connectivity index (χ3v) is 3.94. The van der Waals surface area contributed by atoms with E-state index < -0.39 is 10.8 Å². The van der Waals surface area contributed by atoms with Crippen molar-refractivity contribution in [2.45, 2.75) is 25.5 Å². The number of nitrogen functional groups attached to an aromatic ring is 1. The first kappa shape index (κ1) is 13.0. The number of nitrogens with two attached hydrogens (primary N) is 1. The molecule has 1 aromatic rings. The molecule has 90 valence electrons. The zero-order valence-corrected chi connectivity index (χ0v) is 10.8. The van der Waals surface area contributed by atoms with E-state index in [0.717, 1.165) is 24.3 Å². The number of nitrogens with one attached hydrogen (secondary N) is 1. The topological polar surface area (TPSA) is 68.0 Å². The smallest absolute Gasteiger partial charge is 0.126 e. The second-order valence-electron chi connectivity index (χ2n) is 3.95. The molecular formula is C11H19N3OS. The highest BCUT2D eigenvalue weighted by Gasteiger charge is 2.05. The van der Waals surface area contributed by atoms with Crippen LogP contribution in [0.2, 0.25) is 0 Å². The van der Waals surface area contributed by atoms with Gasteiger partial charge in [-0.05, 0) is 25.0 Å². The molecule has 0 bridgehead atoms. The fourth-order valence-electron chi connectivity index (χ4n) is 1.23. The van der Waals surface area contributed by atoms with Crippen molar-refractivity contribution in [3.05, 3.63) is 17.8 Å². The van der Waals surface area contributed by atoms with Gasteiger partial charge in [-0.2, -0.15) is 0 Å². The molecule has 0 aliphatic heterocycles. The first-order valence-electron chi connectivity index (χ1n) is 5.29. The van der Waals surface area contributed by atoms with E-state index in [4.69, 9.17) is 5.73 Å². The van der Waals surface area contributed by atoms with Crippen LogP contribution in [0, 0.1) is 6.92 Å². The highest BCUT2D eigenvalue weighted by Crippen LogP contribution is 2.13. The lowest BCUT2D eigenvalue weighted by Gasteiger charge is -2.10. The molecule has 16 heavy (non-hydrogen) atoms. The van der Waals surface area contributed by atoms with Crippen LogP contribution in [0.3, 0.4) is 0 Å². The minimum absolute atomic E-state index is 0.211. The Morgan fingerprint density at radius 3 is 2.88 bits per heavy atom. The van der Waals surface area contributed by atoms with Gasteiger partial charge in [0.15, 0.2) is 0 Å². The summed E-state index contributed by atoms with van der Waals surface area (Å²) >= 11 is 0. The molecule has 0 fully saturated rings. The van der Waals surface area contributed by atoms with Crippen molar-refractivity contribution >= 4 is 22.3 Å². The quantitative estimate of drug-likeness (QED) is 0.820. The Balaban J connectivity index is 2.43. The number of aromatic nitrogens is 1. The Hall–Kier alpha value is -1.10. The summed E-state index contributed by atoms with van der Waals surface area (Å²) in [4.78, 5) is 4.17. The van der Waals surface area contributed by atoms with Crippen LogP contribution in [0.15, 0.2) is 12.3 Å². The van der Waals surface area contributed by atoms with Gasteiger partial charge in [-0.3, -0.25) is 4.21 Å². The fourth-order valence-corrected chi connectivity index (χ4v) is 1.68. The summed E-state index contributed by atoms with van der Waals surface area (Å²) in [5, 5.41) is 3.41. The fraction of sp³-hybridized carbons (Fsp3) is 0.545. The summed E-state index contributed by atoms with van der Waals surface area (Å²) in [5.41, 5.74) is 7.40. The van der Waals surface area contributed by atoms with Crippen molar-refractivity contribution in [3.63, 3.8) is 0 Å². The van der Waals surface area contributed by atoms with Gasteiger partial charge >= 0.3 is 0 Å². The Labute approximate surface area is 99.1 Å². The van der Waals surface area contributed by atoms with Crippen molar-refractivity contribution < 1.29 is 4.21 Å². The van der Waals surface area contributed by atoms with E-state index >= 15 is 0 Å². The summed E-state index contributed by atoms with van der Waals surface area (Å²) in [6.45, 7) is 4.71. The van der Waals surface area contributed by atoms with Crippen LogP contribution in [0.4, 0.5) is 11.5 Å². The summed E-state index contributed by atoms with van der Waals surface area (Å²) < 4.78 is 11.1. The molecule has 5 heteroatoms. The molecule has 0 saturated carbocycles. The molecule has 2 atom stereocenters. The van der Waals surface area contributed by atoms with Gasteiger partial charge in [0, 0.05) is 28.9 Å². The summed E-state index contributed by atoms with van der Waals surface area (Å²) in [7, 11) is -0.757. The molecule has 0 radical (unpaired) electrons. The molecule has 0 aliphatic carbocycles. The van der Waals surface area contributed by atoms with Crippen molar-refractivity contribution in [1.29, 1.82) is 0 Å². The Morgan fingerprint density at radius 2 is 2.31 bits per heavy atom. The van der Waals surface area contributed by atoms with Gasteiger partial charge in [0.2, 0.25) is 0 Å². The molecule has 3 N–H and O–H groups in total. The molecule has 0 aromatic carbocycles. The summed E-state index contributed by atoms with van der Waals surface area (Å²) in [5.74, 6) is 0.820. The lowest BCUT2D eigenvalue weighted by atomic mass is 10.2. The minimum Gasteiger partial charge on any atom is -0.397 e. The van der Waals surface area contributed by atoms with E-state index in [2.05, 4.69) is 10.3 Å². The number of aryl methyl sites for hydroxylation is 1. The van der Waals surface area contributed by atoms with Gasteiger partial charge in [-0.1, -0.05) is 6.92 Å². The molecule has 1 aromatic heterocycles. The molecule has 1 rings (SSSR count). The maximum atomic E-state index is 11.1. The van der Waals surface area contributed by atoms with Crippen LogP contribution >= 0.6 is 0 Å². The van der Waals surface area contributed by atoms with E-state index in [0.29, 0.717) is 5.69 Å². The molecule has 1 heterocycles. The zero-order chi connectivity index (χ0) is 12.1. The van der Waals surface area contributed by atoms with Crippen LogP contribution in [0.1, 0.15) is 18.9 Å². The molecule has 0 saturated heterocycles. The second-order valence-corrected chi connectivity index (χ2v) is 5.75. The largest absolute Gasteiger partial charge is 0.397 e. The number of pyridine rings is 1. The van der Waals surface area contributed by atoms with Gasteiger partial charge in [0.25, 0.3) is 0 Å². The van der Waals surface area contributed by atoms with Crippen LogP contribution < -0.4 is 11.1 Å². The number of anilines is 2. The van der Waals surface area contributed by atoms with Crippen LogP contribution in [-0.2, 0) is 10.8 Å². The number of hydrogen-bond donors (Lipinski definition) is 2. The predicted molar refractivity (Wildman–Crippen MR) is 70.0 cm³/mol. The molecule has 0 spiro atoms. The highest BCUT2D eigenvalue weighted by atomic mass is 32.2. The van der Waals surface area contributed by atoms with Crippen molar-refractivity contribution in [3.8, 4) is 0 Å². The van der Waals surface area contributed by atoms with Crippen LogP contribution in [0.5, 0.6) is 0 Å². The van der Waals surface area contributed by atoms with E-state index in [-0.39, 0.29) is 5.25 Å². The minimum atomic E-state index is -0.757. The standard InChI is InChI=1S/C11H19N3OS/c1-8-6-11(14-7-10(8)12)13-5-4-9(2)16(3)15/h6-7,9H,4-5,12H2,1-3H3,(H,13,14). The summed E-state index contributed by atoms with van der Waals surface area (Å²) in [6, 6.07) is 1.92. The first-order valence-corrected chi connectivity index (χ1v) is 6.91. The maximum Gasteiger partial charge on any atom is 0.126 e. The van der Waals surface area contributed by atoms with E-state index in [1.807, 2.05) is 19.9 Å². The van der Waals surface area contributed by atoms with Gasteiger partial charge in [-0.25, -0.2) is 4.98 Å². The van der Waals surface area contributed by atoms with Gasteiger partial charge in [0.1, 0.15) is 5.82 Å². The Kier molecular flexibility index (Phi) is 4.73. The van der Waals surface area contributed by atoms with Crippen molar-refractivity contribution in [2.24, 2.45) is 0 Å². The molecule has 4 nitrogen and oxygen atoms in total. The predicted octanol–water partition coefficient (Wildman–Crippen LogP) is 1.54. The molecule has 0 aliphatic rings. The lowest BCUT2D eigenvalue weighted by molar-refractivity contribution is 0.672. The number of nitrogens with zero attached hydrogens (tertiary/aromatic N) is 1. The van der Waals surface area contributed by atoms with E-state index in [1.54, 1.807) is 12.5 Å². The van der Waals surface area contributed by atoms with Crippen LogP contribution in [0.25, 0.3) is 0 Å². The van der Waals surface area contributed by atoms with E-state index in [1.165, 1.54) is 0 Å². The highest BCUT2D eigenvalue weighted by molar-refractivity contribution is 7.84. The molecular weight excluding hydrogens is 222 g/mol. The average Bonchev–Trinajstić information content (AvgIpc) is 2.23.